The number of hydrogen-bond acceptors (Lipinski definition) is 0. The van der Waals surface area contributed by atoms with E-state index in [9.17, 15) is 0 Å². The third kappa shape index (κ3) is 10.0. The summed E-state index contributed by atoms with van der Waals surface area (Å²) in [6.07, 6.45) is 2.07. The van der Waals surface area contributed by atoms with E-state index < -0.39 is 74.2 Å². The van der Waals surface area contributed by atoms with Gasteiger partial charge in [-0.2, -0.15) is 0 Å². The molecule has 0 saturated heterocycles. The first-order valence-electron chi connectivity index (χ1n) is 19.6. The van der Waals surface area contributed by atoms with Gasteiger partial charge in [-0.05, 0) is 0 Å². The summed E-state index contributed by atoms with van der Waals surface area (Å²) in [6.45, 7) is 50.4. The zero-order chi connectivity index (χ0) is 40.5. The molecule has 2 radical (unpaired) electrons. The zero-order valence-corrected chi connectivity index (χ0v) is 48.0. The Hall–Kier alpha value is -0.592. The molecule has 0 fully saturated rings. The molecule has 0 aliphatic rings. The van der Waals surface area contributed by atoms with Crippen molar-refractivity contribution >= 4 is 83.0 Å². The quantitative estimate of drug-likeness (QED) is 0.127. The Kier molecular flexibility index (Phi) is 15.4. The van der Waals surface area contributed by atoms with E-state index in [4.69, 9.17) is 0 Å². The predicted molar refractivity (Wildman–Crippen MR) is 264 cm³/mol. The van der Waals surface area contributed by atoms with Crippen LogP contribution in [0.2, 0.25) is 118 Å². The molecule has 3 aromatic rings. The van der Waals surface area contributed by atoms with Gasteiger partial charge in [-0.1, -0.05) is 0 Å². The summed E-state index contributed by atoms with van der Waals surface area (Å²) in [5.41, 5.74) is 12.0. The Morgan fingerprint density at radius 1 is 0.442 bits per heavy atom. The fourth-order valence-electron chi connectivity index (χ4n) is 11.2. The van der Waals surface area contributed by atoms with E-state index in [-0.39, 0.29) is 0 Å². The Morgan fingerprint density at radius 2 is 0.673 bits per heavy atom. The number of imidazole rings is 1. The molecule has 3 rings (SSSR count). The van der Waals surface area contributed by atoms with Crippen molar-refractivity contribution in [1.29, 1.82) is 0 Å². The predicted octanol–water partition coefficient (Wildman–Crippen LogP) is 12.5. The van der Waals surface area contributed by atoms with Crippen LogP contribution in [0.1, 0.15) is 22.5 Å². The molecule has 288 valence electrons. The summed E-state index contributed by atoms with van der Waals surface area (Å²) in [5.74, 6) is 0. The molecule has 52 heavy (non-hydrogen) atoms. The average Bonchev–Trinajstić information content (AvgIpc) is 3.18. The largest absolute Gasteiger partial charge is 0.224 e. The summed E-state index contributed by atoms with van der Waals surface area (Å²) in [5, 5.41) is 0. The van der Waals surface area contributed by atoms with Gasteiger partial charge in [-0.25, -0.2) is 9.13 Å². The molecule has 1 heterocycles. The normalized spacial score (nSPS) is 14.7. The fourth-order valence-corrected chi connectivity index (χ4v) is 212. The Bertz CT molecular complexity index is 1490. The van der Waals surface area contributed by atoms with Crippen LogP contribution in [0.15, 0.2) is 78.4 Å². The summed E-state index contributed by atoms with van der Waals surface area (Å²) in [6, 6.07) is 23.4. The minimum atomic E-state index is -1.69. The molecule has 0 N–H and O–H groups in total. The van der Waals surface area contributed by atoms with Gasteiger partial charge in [0.25, 0.3) is 0 Å². The van der Waals surface area contributed by atoms with Gasteiger partial charge in [0.2, 0.25) is 0 Å². The average molecular weight is 897 g/mol. The summed E-state index contributed by atoms with van der Waals surface area (Å²) < 4.78 is 7.79. The van der Waals surface area contributed by atoms with Crippen LogP contribution in [0.5, 0.6) is 0 Å². The molecule has 0 unspecified atom stereocenters. The van der Waals surface area contributed by atoms with Gasteiger partial charge in [0, 0.05) is 27.9 Å². The van der Waals surface area contributed by atoms with Crippen molar-refractivity contribution in [3.8, 4) is 0 Å². The molecular formula is C41H79GeN2Si8+. The number of aryl methyl sites for hydroxylation is 2. The zero-order valence-electron chi connectivity index (χ0n) is 37.9. The molecule has 0 spiro atoms. The maximum Gasteiger partial charge on any atom is 0.177 e. The standard InChI is InChI=1S/C34H66GeSi8.C7H13N2/c1-36(2,3)42(37(4,5)6,38(7,8)9)29-33(31-25-21-19-22-26-31)35-34(32-27-23-20-24-28-32)30-43(39(10,11)12,40(13,14)15)41(16,17)18;1-6-7(2)9(4)5-8(6)3/h19-30H,1-18H3;5H,1-4H3/q;+1/b33-29+,34-30+;. The maximum atomic E-state index is 3.14. The van der Waals surface area contributed by atoms with Crippen molar-refractivity contribution < 1.29 is 0 Å². The fraction of sp³-hybridized carbons (Fsp3) is 0.537. The first-order valence-corrected chi connectivity index (χ1v) is 52.8. The molecule has 0 atom stereocenters. The van der Waals surface area contributed by atoms with Gasteiger partial charge < -0.3 is 0 Å². The number of aromatic nitrogens is 2. The second-order valence-electron chi connectivity index (χ2n) is 21.6. The second kappa shape index (κ2) is 16.9. The molecular weight excluding hydrogens is 818 g/mol. The maximum absolute atomic E-state index is 3.14. The monoisotopic (exact) mass is 897 g/mol. The number of nitrogens with zero attached hydrogens (tertiary/aromatic N) is 2. The topological polar surface area (TPSA) is 9.86 Å². The van der Waals surface area contributed by atoms with E-state index in [2.05, 4.69) is 233 Å². The van der Waals surface area contributed by atoms with Crippen LogP contribution in [-0.4, -0.2) is 83.4 Å². The van der Waals surface area contributed by atoms with Crippen LogP contribution in [0, 0.1) is 13.8 Å². The second-order valence-corrected chi connectivity index (χ2v) is 105. The van der Waals surface area contributed by atoms with Crippen LogP contribution in [0.3, 0.4) is 0 Å². The van der Waals surface area contributed by atoms with Crippen LogP contribution >= 0.6 is 0 Å². The number of benzene rings is 2. The van der Waals surface area contributed by atoms with Crippen LogP contribution in [-0.2, 0) is 14.1 Å². The van der Waals surface area contributed by atoms with Crippen molar-refractivity contribution in [2.45, 2.75) is 132 Å². The Labute approximate surface area is 336 Å². The SMILES string of the molecule is C[Si](C)(C)[Si](/C=[C](/[Ge]/[C](=C/[Si]([Si](C)(C)C)([Si](C)(C)C)[Si](C)(C)C)c1ccccc1)c1ccccc1)([Si](C)(C)C)[Si](C)(C)C.Cc1c(C)n(C)[cH+]n1C. The third-order valence-corrected chi connectivity index (χ3v) is 158. The number of rotatable bonds is 12. The van der Waals surface area contributed by atoms with Crippen molar-refractivity contribution in [2.24, 2.45) is 14.1 Å². The van der Waals surface area contributed by atoms with E-state index in [1.807, 2.05) is 0 Å². The van der Waals surface area contributed by atoms with Gasteiger partial charge in [0.1, 0.15) is 0 Å². The van der Waals surface area contributed by atoms with Crippen molar-refractivity contribution in [3.63, 3.8) is 0 Å². The summed E-state index contributed by atoms with van der Waals surface area (Å²) in [4.78, 5) is 0. The first-order chi connectivity index (χ1) is 23.3. The van der Waals surface area contributed by atoms with E-state index in [0.717, 1.165) is 0 Å². The van der Waals surface area contributed by atoms with Gasteiger partial charge in [0.05, 0.1) is 0 Å². The van der Waals surface area contributed by atoms with E-state index in [0.29, 0.717) is 0 Å². The molecule has 0 saturated carbocycles. The van der Waals surface area contributed by atoms with E-state index in [1.165, 1.54) is 22.5 Å². The Balaban J connectivity index is 0.000000901. The molecule has 1 aromatic heterocycles. The third-order valence-electron chi connectivity index (χ3n) is 12.2. The summed E-state index contributed by atoms with van der Waals surface area (Å²) >= 11 is -0.558. The van der Waals surface area contributed by atoms with Gasteiger partial charge >= 0.3 is 284 Å². The molecule has 0 aliphatic carbocycles. The van der Waals surface area contributed by atoms with Gasteiger partial charge in [-0.15, -0.1) is 0 Å². The molecule has 2 aromatic carbocycles. The molecule has 0 bridgehead atoms. The van der Waals surface area contributed by atoms with Crippen molar-refractivity contribution in [3.05, 3.63) is 101 Å². The summed E-state index contributed by atoms with van der Waals surface area (Å²) in [7, 11) is -4.61. The van der Waals surface area contributed by atoms with Crippen LogP contribution in [0.25, 0.3) is 8.81 Å². The minimum absolute atomic E-state index is 0.558. The number of hydrogen-bond donors (Lipinski definition) is 0. The van der Waals surface area contributed by atoms with E-state index >= 15 is 0 Å². The van der Waals surface area contributed by atoms with E-state index in [1.54, 1.807) is 8.81 Å². The smallest absolute Gasteiger partial charge is 0.177 e. The molecule has 0 aliphatic heterocycles. The van der Waals surface area contributed by atoms with Crippen molar-refractivity contribution in [2.75, 3.05) is 0 Å². The van der Waals surface area contributed by atoms with Crippen LogP contribution < -0.4 is 0 Å². The minimum Gasteiger partial charge on any atom is -0.224 e. The van der Waals surface area contributed by atoms with Gasteiger partial charge in [-0.3, -0.25) is 0 Å². The molecule has 2 nitrogen and oxygen atoms in total. The Morgan fingerprint density at radius 3 is 0.846 bits per heavy atom. The van der Waals surface area contributed by atoms with Crippen molar-refractivity contribution in [1.82, 2.24) is 9.13 Å². The van der Waals surface area contributed by atoms with Crippen LogP contribution in [0.4, 0.5) is 0 Å². The van der Waals surface area contributed by atoms with Gasteiger partial charge in [0.15, 0.2) is 17.7 Å². The molecule has 0 amide bonds. The molecule has 11 heteroatoms. The first kappa shape index (κ1) is 47.6.